The Labute approximate surface area is 134 Å². The number of anilines is 1. The Bertz CT molecular complexity index is 745. The first-order chi connectivity index (χ1) is 10.5. The molecule has 0 amide bonds. The molecular weight excluding hydrogens is 295 g/mol. The number of nitrogens with zero attached hydrogens (tertiary/aromatic N) is 1. The third-order valence-corrected chi connectivity index (χ3v) is 5.05. The maximum Gasteiger partial charge on any atom is 0.180 e. The van der Waals surface area contributed by atoms with Gasteiger partial charge in [-0.2, -0.15) is 0 Å². The molecule has 0 fully saturated rings. The van der Waals surface area contributed by atoms with E-state index in [9.17, 15) is 4.39 Å². The smallest absolute Gasteiger partial charge is 0.180 e. The maximum atomic E-state index is 14.5. The molecule has 0 aliphatic heterocycles. The van der Waals surface area contributed by atoms with Crippen molar-refractivity contribution in [2.45, 2.75) is 26.2 Å². The fourth-order valence-corrected chi connectivity index (χ4v) is 3.48. The van der Waals surface area contributed by atoms with Crippen molar-refractivity contribution >= 4 is 22.0 Å². The molecule has 4 heteroatoms. The summed E-state index contributed by atoms with van der Waals surface area (Å²) in [6, 6.07) is 5.50. The lowest BCUT2D eigenvalue weighted by atomic mass is 9.91. The molecule has 0 saturated carbocycles. The zero-order valence-corrected chi connectivity index (χ0v) is 13.5. The first kappa shape index (κ1) is 15.0. The van der Waals surface area contributed by atoms with Crippen molar-refractivity contribution in [2.75, 3.05) is 5.73 Å². The maximum absolute atomic E-state index is 14.5. The number of rotatable bonds is 3. The highest BCUT2D eigenvalue weighted by atomic mass is 32.1. The summed E-state index contributed by atoms with van der Waals surface area (Å²) in [5.41, 5.74) is 8.26. The predicted molar refractivity (Wildman–Crippen MR) is 91.3 cm³/mol. The van der Waals surface area contributed by atoms with Gasteiger partial charge in [0.1, 0.15) is 5.82 Å². The summed E-state index contributed by atoms with van der Waals surface area (Å²) in [6.45, 7) is 4.19. The van der Waals surface area contributed by atoms with E-state index in [1.54, 1.807) is 12.3 Å². The van der Waals surface area contributed by atoms with Crippen LogP contribution in [0.3, 0.4) is 0 Å². The van der Waals surface area contributed by atoms with E-state index in [0.29, 0.717) is 16.6 Å². The molecule has 0 radical (unpaired) electrons. The van der Waals surface area contributed by atoms with Crippen LogP contribution >= 0.6 is 11.3 Å². The molecule has 1 heterocycles. The molecule has 1 aliphatic rings. The summed E-state index contributed by atoms with van der Waals surface area (Å²) in [5.74, 6) is 0.373. The molecule has 2 N–H and O–H groups in total. The fourth-order valence-electron chi connectivity index (χ4n) is 2.72. The molecule has 0 spiro atoms. The Hall–Kier alpha value is -1.94. The van der Waals surface area contributed by atoms with E-state index in [2.05, 4.69) is 24.1 Å². The minimum absolute atomic E-state index is 0.0909. The van der Waals surface area contributed by atoms with Gasteiger partial charge in [-0.3, -0.25) is 0 Å². The third-order valence-electron chi connectivity index (χ3n) is 4.04. The number of hydrogen-bond acceptors (Lipinski definition) is 3. The molecule has 1 aromatic heterocycles. The number of benzene rings is 1. The summed E-state index contributed by atoms with van der Waals surface area (Å²) in [6.07, 6.45) is 9.03. The molecule has 1 aromatic carbocycles. The van der Waals surface area contributed by atoms with Crippen LogP contribution in [-0.2, 0) is 0 Å². The van der Waals surface area contributed by atoms with Crippen LogP contribution in [0.4, 0.5) is 9.52 Å². The molecule has 114 valence electrons. The lowest BCUT2D eigenvalue weighted by Crippen LogP contribution is -1.99. The highest BCUT2D eigenvalue weighted by molar-refractivity contribution is 7.15. The molecule has 22 heavy (non-hydrogen) atoms. The van der Waals surface area contributed by atoms with E-state index in [0.717, 1.165) is 22.4 Å². The normalized spacial score (nSPS) is 19.0. The summed E-state index contributed by atoms with van der Waals surface area (Å²) < 4.78 is 14.5. The van der Waals surface area contributed by atoms with Crippen LogP contribution in [0, 0.1) is 11.7 Å². The average molecular weight is 314 g/mol. The van der Waals surface area contributed by atoms with Gasteiger partial charge in [0.15, 0.2) is 5.13 Å². The average Bonchev–Trinajstić information content (AvgIpc) is 2.93. The SMILES string of the molecule is CC1C=C(c2ccc(C(C)c3cnc(N)s3)cc2F)C=CC1. The lowest BCUT2D eigenvalue weighted by molar-refractivity contribution is 0.620. The van der Waals surface area contributed by atoms with Gasteiger partial charge in [0.25, 0.3) is 0 Å². The summed E-state index contributed by atoms with van der Waals surface area (Å²) in [7, 11) is 0. The Morgan fingerprint density at radius 1 is 1.41 bits per heavy atom. The van der Waals surface area contributed by atoms with E-state index in [-0.39, 0.29) is 11.7 Å². The van der Waals surface area contributed by atoms with Gasteiger partial charge in [0.2, 0.25) is 0 Å². The summed E-state index contributed by atoms with van der Waals surface area (Å²) in [5, 5.41) is 0.547. The van der Waals surface area contributed by atoms with Gasteiger partial charge in [-0.05, 0) is 29.5 Å². The second-order valence-corrected chi connectivity index (χ2v) is 6.89. The van der Waals surface area contributed by atoms with Gasteiger partial charge in [-0.1, -0.05) is 44.2 Å². The van der Waals surface area contributed by atoms with E-state index in [1.807, 2.05) is 25.1 Å². The van der Waals surface area contributed by atoms with Crippen LogP contribution < -0.4 is 5.73 Å². The van der Waals surface area contributed by atoms with Crippen molar-refractivity contribution in [1.29, 1.82) is 0 Å². The number of halogens is 1. The number of nitrogen functional groups attached to an aromatic ring is 1. The Morgan fingerprint density at radius 2 is 2.23 bits per heavy atom. The van der Waals surface area contributed by atoms with Crippen molar-refractivity contribution in [3.05, 3.63) is 64.4 Å². The van der Waals surface area contributed by atoms with Gasteiger partial charge in [-0.25, -0.2) is 9.37 Å². The number of nitrogens with two attached hydrogens (primary N) is 1. The monoisotopic (exact) mass is 314 g/mol. The van der Waals surface area contributed by atoms with Gasteiger partial charge in [-0.15, -0.1) is 11.3 Å². The van der Waals surface area contributed by atoms with Crippen LogP contribution in [0.25, 0.3) is 5.57 Å². The second-order valence-electron chi connectivity index (χ2n) is 5.80. The van der Waals surface area contributed by atoms with Crippen molar-refractivity contribution in [1.82, 2.24) is 4.98 Å². The molecule has 2 nitrogen and oxygen atoms in total. The Kier molecular flexibility index (Phi) is 4.12. The summed E-state index contributed by atoms with van der Waals surface area (Å²) in [4.78, 5) is 5.12. The zero-order valence-electron chi connectivity index (χ0n) is 12.7. The zero-order chi connectivity index (χ0) is 15.7. The van der Waals surface area contributed by atoms with Crippen LogP contribution in [-0.4, -0.2) is 4.98 Å². The topological polar surface area (TPSA) is 38.9 Å². The molecule has 1 aliphatic carbocycles. The Morgan fingerprint density at radius 3 is 2.86 bits per heavy atom. The van der Waals surface area contributed by atoms with Gasteiger partial charge >= 0.3 is 0 Å². The number of thiazole rings is 1. The minimum atomic E-state index is -0.174. The molecule has 0 saturated heterocycles. The third kappa shape index (κ3) is 2.97. The van der Waals surface area contributed by atoms with Crippen LogP contribution in [0.1, 0.15) is 42.2 Å². The molecule has 2 atom stereocenters. The van der Waals surface area contributed by atoms with E-state index in [1.165, 1.54) is 11.3 Å². The van der Waals surface area contributed by atoms with Gasteiger partial charge in [0, 0.05) is 22.6 Å². The number of allylic oxidation sites excluding steroid dienone is 4. The van der Waals surface area contributed by atoms with Crippen molar-refractivity contribution in [3.8, 4) is 0 Å². The minimum Gasteiger partial charge on any atom is -0.375 e. The molecule has 0 bridgehead atoms. The molecular formula is C18H19FN2S. The molecule has 2 aromatic rings. The first-order valence-corrected chi connectivity index (χ1v) is 8.25. The highest BCUT2D eigenvalue weighted by Gasteiger charge is 2.15. The standard InChI is InChI=1S/C18H19FN2S/c1-11-4-3-5-14(8-11)15-7-6-13(9-16(15)19)12(2)17-10-21-18(20)22-17/h3,5-12H,4H2,1-2H3,(H2,20,21). The largest absolute Gasteiger partial charge is 0.375 e. The van der Waals surface area contributed by atoms with Gasteiger partial charge in [0.05, 0.1) is 0 Å². The van der Waals surface area contributed by atoms with Crippen LogP contribution in [0.15, 0.2) is 42.6 Å². The van der Waals surface area contributed by atoms with Crippen LogP contribution in [0.5, 0.6) is 0 Å². The second kappa shape index (κ2) is 6.05. The molecule has 3 rings (SSSR count). The van der Waals surface area contributed by atoms with Gasteiger partial charge < -0.3 is 5.73 Å². The number of hydrogen-bond donors (Lipinski definition) is 1. The van der Waals surface area contributed by atoms with Crippen molar-refractivity contribution in [3.63, 3.8) is 0 Å². The number of aromatic nitrogens is 1. The highest BCUT2D eigenvalue weighted by Crippen LogP contribution is 2.32. The van der Waals surface area contributed by atoms with E-state index >= 15 is 0 Å². The van der Waals surface area contributed by atoms with Crippen molar-refractivity contribution in [2.24, 2.45) is 5.92 Å². The fraction of sp³-hybridized carbons (Fsp3) is 0.278. The quantitative estimate of drug-likeness (QED) is 0.866. The van der Waals surface area contributed by atoms with E-state index < -0.39 is 0 Å². The first-order valence-electron chi connectivity index (χ1n) is 7.44. The Balaban J connectivity index is 1.91. The lowest BCUT2D eigenvalue weighted by Gasteiger charge is -2.15. The van der Waals surface area contributed by atoms with Crippen molar-refractivity contribution < 1.29 is 4.39 Å². The van der Waals surface area contributed by atoms with E-state index in [4.69, 9.17) is 5.73 Å². The molecule has 2 unspecified atom stereocenters. The van der Waals surface area contributed by atoms with Crippen LogP contribution in [0.2, 0.25) is 0 Å². The summed E-state index contributed by atoms with van der Waals surface area (Å²) >= 11 is 1.45. The predicted octanol–water partition coefficient (Wildman–Crippen LogP) is 5.00.